The molecule has 150 valence electrons. The summed E-state index contributed by atoms with van der Waals surface area (Å²) < 4.78 is 39.6. The number of amides is 1. The molecule has 0 saturated heterocycles. The number of nitrogens with zero attached hydrogens (tertiary/aromatic N) is 1. The number of benzene rings is 3. The number of nitrogens with one attached hydrogen (secondary N) is 1. The van der Waals surface area contributed by atoms with Crippen LogP contribution in [0.1, 0.15) is 11.1 Å². The van der Waals surface area contributed by atoms with Crippen LogP contribution in [-0.2, 0) is 17.4 Å². The molecule has 4 rings (SSSR count). The van der Waals surface area contributed by atoms with E-state index in [1.54, 1.807) is 18.3 Å². The maximum Gasteiger partial charge on any atom is 0.416 e. The number of fused-ring (bicyclic) bond motifs is 1. The van der Waals surface area contributed by atoms with Crippen LogP contribution in [0, 0.1) is 0 Å². The van der Waals surface area contributed by atoms with Gasteiger partial charge in [0.2, 0.25) is 5.91 Å². The number of pyridine rings is 1. The van der Waals surface area contributed by atoms with E-state index < -0.39 is 17.6 Å². The summed E-state index contributed by atoms with van der Waals surface area (Å²) in [5, 5.41) is 3.57. The zero-order valence-corrected chi connectivity index (χ0v) is 15.8. The average Bonchev–Trinajstić information content (AvgIpc) is 2.74. The number of hydrogen-bond donors (Lipinski definition) is 1. The van der Waals surface area contributed by atoms with E-state index in [9.17, 15) is 18.0 Å². The second-order valence-electron chi connectivity index (χ2n) is 6.81. The van der Waals surface area contributed by atoms with Crippen molar-refractivity contribution in [1.82, 2.24) is 4.98 Å². The van der Waals surface area contributed by atoms with Gasteiger partial charge in [0.05, 0.1) is 23.2 Å². The van der Waals surface area contributed by atoms with Crippen LogP contribution < -0.4 is 5.32 Å². The molecule has 3 nitrogen and oxygen atoms in total. The number of aromatic nitrogens is 1. The fourth-order valence-electron chi connectivity index (χ4n) is 3.46. The van der Waals surface area contributed by atoms with Crippen LogP contribution in [0.2, 0.25) is 0 Å². The smallest absolute Gasteiger partial charge is 0.324 e. The van der Waals surface area contributed by atoms with Gasteiger partial charge in [0.25, 0.3) is 0 Å². The second-order valence-corrected chi connectivity index (χ2v) is 6.81. The van der Waals surface area contributed by atoms with Gasteiger partial charge in [0, 0.05) is 11.6 Å². The highest BCUT2D eigenvalue weighted by atomic mass is 19.4. The van der Waals surface area contributed by atoms with Crippen molar-refractivity contribution in [3.05, 3.63) is 96.2 Å². The van der Waals surface area contributed by atoms with Gasteiger partial charge < -0.3 is 5.32 Å². The summed E-state index contributed by atoms with van der Waals surface area (Å²) in [5.41, 5.74) is 2.13. The van der Waals surface area contributed by atoms with Gasteiger partial charge >= 0.3 is 6.18 Å². The molecule has 6 heteroatoms. The summed E-state index contributed by atoms with van der Waals surface area (Å²) in [6, 6.07) is 22.2. The first-order valence-electron chi connectivity index (χ1n) is 9.31. The van der Waals surface area contributed by atoms with Crippen molar-refractivity contribution in [2.24, 2.45) is 0 Å². The number of carbonyl (C=O) groups is 1. The van der Waals surface area contributed by atoms with Crippen molar-refractivity contribution in [3.8, 4) is 11.1 Å². The Labute approximate surface area is 171 Å². The molecule has 0 aliphatic rings. The summed E-state index contributed by atoms with van der Waals surface area (Å²) in [7, 11) is 0. The van der Waals surface area contributed by atoms with E-state index in [0.29, 0.717) is 11.2 Å². The Kier molecular flexibility index (Phi) is 5.23. The van der Waals surface area contributed by atoms with Crippen molar-refractivity contribution in [3.63, 3.8) is 0 Å². The molecule has 1 aromatic heterocycles. The third kappa shape index (κ3) is 4.03. The van der Waals surface area contributed by atoms with Gasteiger partial charge in [-0.2, -0.15) is 13.2 Å². The summed E-state index contributed by atoms with van der Waals surface area (Å²) in [5.74, 6) is -0.536. The van der Waals surface area contributed by atoms with Gasteiger partial charge in [0.1, 0.15) is 0 Å². The molecule has 0 radical (unpaired) electrons. The molecular weight excluding hydrogens is 389 g/mol. The molecule has 0 bridgehead atoms. The van der Waals surface area contributed by atoms with Crippen LogP contribution in [0.3, 0.4) is 0 Å². The van der Waals surface area contributed by atoms with Crippen molar-refractivity contribution in [2.75, 3.05) is 5.32 Å². The lowest BCUT2D eigenvalue weighted by Crippen LogP contribution is -2.18. The van der Waals surface area contributed by atoms with E-state index >= 15 is 0 Å². The highest BCUT2D eigenvalue weighted by molar-refractivity contribution is 6.06. The summed E-state index contributed by atoms with van der Waals surface area (Å²) in [6.45, 7) is 0. The molecule has 1 N–H and O–H groups in total. The summed E-state index contributed by atoms with van der Waals surface area (Å²) >= 11 is 0. The molecule has 0 aliphatic heterocycles. The van der Waals surface area contributed by atoms with Crippen molar-refractivity contribution < 1.29 is 18.0 Å². The van der Waals surface area contributed by atoms with Crippen LogP contribution in [0.25, 0.3) is 22.0 Å². The van der Waals surface area contributed by atoms with Crippen molar-refractivity contribution >= 4 is 22.5 Å². The normalized spacial score (nSPS) is 11.4. The predicted molar refractivity (Wildman–Crippen MR) is 111 cm³/mol. The maximum atomic E-state index is 13.2. The van der Waals surface area contributed by atoms with E-state index in [-0.39, 0.29) is 12.0 Å². The summed E-state index contributed by atoms with van der Waals surface area (Å²) in [6.07, 6.45) is -3.28. The lowest BCUT2D eigenvalue weighted by Gasteiger charge is -2.14. The largest absolute Gasteiger partial charge is 0.416 e. The number of halogens is 3. The first-order chi connectivity index (χ1) is 14.4. The molecule has 0 spiro atoms. The third-order valence-corrected chi connectivity index (χ3v) is 4.80. The number of carbonyl (C=O) groups excluding carboxylic acids is 1. The lowest BCUT2D eigenvalue weighted by molar-refractivity contribution is -0.138. The molecular formula is C24H17F3N2O. The van der Waals surface area contributed by atoms with Crippen LogP contribution in [0.15, 0.2) is 85.1 Å². The Balaban J connectivity index is 1.65. The van der Waals surface area contributed by atoms with Crippen LogP contribution in [0.5, 0.6) is 0 Å². The zero-order chi connectivity index (χ0) is 21.1. The molecule has 0 saturated carbocycles. The van der Waals surface area contributed by atoms with E-state index in [0.717, 1.165) is 22.6 Å². The molecule has 0 unspecified atom stereocenters. The van der Waals surface area contributed by atoms with Crippen LogP contribution in [-0.4, -0.2) is 10.9 Å². The van der Waals surface area contributed by atoms with E-state index in [2.05, 4.69) is 10.3 Å². The SMILES string of the molecule is O=C(Cc1ccccc1C(F)(F)F)Nc1ccc(-c2ccccc2)c2cccnc12. The minimum Gasteiger partial charge on any atom is -0.324 e. The molecule has 0 atom stereocenters. The Hall–Kier alpha value is -3.67. The highest BCUT2D eigenvalue weighted by Gasteiger charge is 2.33. The van der Waals surface area contributed by atoms with E-state index in [1.807, 2.05) is 42.5 Å². The van der Waals surface area contributed by atoms with E-state index in [1.165, 1.54) is 18.2 Å². The van der Waals surface area contributed by atoms with Gasteiger partial charge in [0.15, 0.2) is 0 Å². The maximum absolute atomic E-state index is 13.2. The molecule has 4 aromatic rings. The molecule has 0 aliphatic carbocycles. The highest BCUT2D eigenvalue weighted by Crippen LogP contribution is 2.33. The van der Waals surface area contributed by atoms with Gasteiger partial charge in [-0.1, -0.05) is 60.7 Å². The van der Waals surface area contributed by atoms with E-state index in [4.69, 9.17) is 0 Å². The van der Waals surface area contributed by atoms with Gasteiger partial charge in [-0.3, -0.25) is 9.78 Å². The number of hydrogen-bond acceptors (Lipinski definition) is 2. The molecule has 30 heavy (non-hydrogen) atoms. The minimum absolute atomic E-state index is 0.0688. The molecule has 1 amide bonds. The quantitative estimate of drug-likeness (QED) is 0.445. The Morgan fingerprint density at radius 2 is 1.60 bits per heavy atom. The number of alkyl halides is 3. The summed E-state index contributed by atoms with van der Waals surface area (Å²) in [4.78, 5) is 16.9. The fraction of sp³-hybridized carbons (Fsp3) is 0.0833. The van der Waals surface area contributed by atoms with Gasteiger partial charge in [-0.25, -0.2) is 0 Å². The molecule has 0 fully saturated rings. The molecule has 3 aromatic carbocycles. The Bertz CT molecular complexity index is 1200. The third-order valence-electron chi connectivity index (χ3n) is 4.80. The van der Waals surface area contributed by atoms with Crippen LogP contribution in [0.4, 0.5) is 18.9 Å². The first-order valence-corrected chi connectivity index (χ1v) is 9.31. The topological polar surface area (TPSA) is 42.0 Å². The Morgan fingerprint density at radius 3 is 2.37 bits per heavy atom. The second kappa shape index (κ2) is 7.99. The first kappa shape index (κ1) is 19.6. The van der Waals surface area contributed by atoms with Crippen LogP contribution >= 0.6 is 0 Å². The monoisotopic (exact) mass is 406 g/mol. The predicted octanol–water partition coefficient (Wildman–Crippen LogP) is 6.10. The minimum atomic E-state index is -4.51. The lowest BCUT2D eigenvalue weighted by atomic mass is 9.99. The van der Waals surface area contributed by atoms with Gasteiger partial charge in [-0.05, 0) is 34.9 Å². The van der Waals surface area contributed by atoms with Crippen molar-refractivity contribution in [1.29, 1.82) is 0 Å². The van der Waals surface area contributed by atoms with Crippen molar-refractivity contribution in [2.45, 2.75) is 12.6 Å². The molecule has 1 heterocycles. The zero-order valence-electron chi connectivity index (χ0n) is 15.8. The van der Waals surface area contributed by atoms with Gasteiger partial charge in [-0.15, -0.1) is 0 Å². The standard InChI is InChI=1S/C24H17F3N2O/c25-24(26,27)20-11-5-4-9-17(20)15-22(30)29-21-13-12-18(16-7-2-1-3-8-16)19-10-6-14-28-23(19)21/h1-14H,15H2,(H,29,30). The number of anilines is 1. The average molecular weight is 406 g/mol. The number of rotatable bonds is 4. The fourth-order valence-corrected chi connectivity index (χ4v) is 3.46. The Morgan fingerprint density at radius 1 is 0.867 bits per heavy atom.